The molecular formula is C18H19NO2S. The molecule has 0 radical (unpaired) electrons. The molecule has 2 aromatic carbocycles. The molecule has 2 aromatic rings. The molecule has 0 saturated heterocycles. The van der Waals surface area contributed by atoms with Gasteiger partial charge in [0, 0.05) is 34.6 Å². The predicted octanol–water partition coefficient (Wildman–Crippen LogP) is 3.18. The van der Waals surface area contributed by atoms with E-state index in [1.165, 1.54) is 11.1 Å². The maximum Gasteiger partial charge on any atom is 0.254 e. The van der Waals surface area contributed by atoms with Gasteiger partial charge in [0.1, 0.15) is 0 Å². The van der Waals surface area contributed by atoms with Crippen molar-refractivity contribution in [3.05, 3.63) is 65.2 Å². The maximum atomic E-state index is 12.7. The van der Waals surface area contributed by atoms with Crippen LogP contribution in [0, 0.1) is 0 Å². The van der Waals surface area contributed by atoms with E-state index in [0.717, 1.165) is 17.7 Å². The molecule has 0 saturated carbocycles. The Morgan fingerprint density at radius 3 is 2.50 bits per heavy atom. The number of nitrogens with zero attached hydrogens (tertiary/aromatic N) is 1. The Kier molecular flexibility index (Phi) is 4.12. The van der Waals surface area contributed by atoms with Gasteiger partial charge in [-0.1, -0.05) is 24.3 Å². The second kappa shape index (κ2) is 6.05. The van der Waals surface area contributed by atoms with Gasteiger partial charge in [0.2, 0.25) is 0 Å². The van der Waals surface area contributed by atoms with Crippen molar-refractivity contribution in [2.75, 3.05) is 13.3 Å². The molecule has 114 valence electrons. The number of carbonyl (C=O) groups excluding carboxylic acids is 1. The van der Waals surface area contributed by atoms with Crippen LogP contribution in [-0.4, -0.2) is 28.3 Å². The van der Waals surface area contributed by atoms with Crippen LogP contribution in [0.4, 0.5) is 0 Å². The third kappa shape index (κ3) is 2.71. The van der Waals surface area contributed by atoms with E-state index in [2.05, 4.69) is 12.1 Å². The van der Waals surface area contributed by atoms with Crippen LogP contribution >= 0.6 is 0 Å². The van der Waals surface area contributed by atoms with Gasteiger partial charge in [0.05, 0.1) is 6.04 Å². The number of aryl methyl sites for hydroxylation is 1. The SMILES string of the molecule is CN(C(=O)c1ccc(S(C)=O)cc1)C1CCc2ccccc21. The highest BCUT2D eigenvalue weighted by atomic mass is 32.2. The van der Waals surface area contributed by atoms with Crippen molar-refractivity contribution < 1.29 is 9.00 Å². The number of benzene rings is 2. The highest BCUT2D eigenvalue weighted by Gasteiger charge is 2.28. The largest absolute Gasteiger partial charge is 0.335 e. The average molecular weight is 313 g/mol. The summed E-state index contributed by atoms with van der Waals surface area (Å²) >= 11 is 0. The van der Waals surface area contributed by atoms with Crippen molar-refractivity contribution in [1.82, 2.24) is 4.90 Å². The molecule has 0 bridgehead atoms. The molecule has 0 fully saturated rings. The minimum Gasteiger partial charge on any atom is -0.335 e. The number of rotatable bonds is 3. The van der Waals surface area contributed by atoms with E-state index in [1.807, 2.05) is 24.1 Å². The Morgan fingerprint density at radius 1 is 1.14 bits per heavy atom. The number of carbonyl (C=O) groups is 1. The van der Waals surface area contributed by atoms with Gasteiger partial charge >= 0.3 is 0 Å². The highest BCUT2D eigenvalue weighted by molar-refractivity contribution is 7.84. The third-order valence-electron chi connectivity index (χ3n) is 4.32. The monoisotopic (exact) mass is 313 g/mol. The van der Waals surface area contributed by atoms with E-state index in [0.29, 0.717) is 5.56 Å². The quantitative estimate of drug-likeness (QED) is 0.873. The van der Waals surface area contributed by atoms with E-state index in [9.17, 15) is 9.00 Å². The molecule has 0 N–H and O–H groups in total. The van der Waals surface area contributed by atoms with Gasteiger partial charge in [-0.05, 0) is 48.2 Å². The number of hydrogen-bond donors (Lipinski definition) is 0. The number of hydrogen-bond acceptors (Lipinski definition) is 2. The summed E-state index contributed by atoms with van der Waals surface area (Å²) in [6.07, 6.45) is 3.63. The topological polar surface area (TPSA) is 37.4 Å². The maximum absolute atomic E-state index is 12.7. The molecule has 0 aliphatic heterocycles. The first-order chi connectivity index (χ1) is 10.6. The zero-order chi connectivity index (χ0) is 15.7. The Morgan fingerprint density at radius 2 is 1.82 bits per heavy atom. The minimum absolute atomic E-state index is 0.00939. The zero-order valence-electron chi connectivity index (χ0n) is 12.8. The lowest BCUT2D eigenvalue weighted by molar-refractivity contribution is 0.0730. The zero-order valence-corrected chi connectivity index (χ0v) is 13.6. The molecule has 3 nitrogen and oxygen atoms in total. The first-order valence-electron chi connectivity index (χ1n) is 7.36. The molecule has 0 spiro atoms. The van der Waals surface area contributed by atoms with Crippen LogP contribution < -0.4 is 0 Å². The number of fused-ring (bicyclic) bond motifs is 1. The Hall–Kier alpha value is -1.94. The molecule has 2 atom stereocenters. The molecule has 1 aliphatic rings. The molecular weight excluding hydrogens is 294 g/mol. The first kappa shape index (κ1) is 15.0. The van der Waals surface area contributed by atoms with Gasteiger partial charge in [0.25, 0.3) is 5.91 Å². The summed E-state index contributed by atoms with van der Waals surface area (Å²) < 4.78 is 11.4. The fraction of sp³-hybridized carbons (Fsp3) is 0.278. The van der Waals surface area contributed by atoms with Crippen molar-refractivity contribution in [3.8, 4) is 0 Å². The van der Waals surface area contributed by atoms with Crippen LogP contribution in [0.5, 0.6) is 0 Å². The number of amides is 1. The van der Waals surface area contributed by atoms with Crippen molar-refractivity contribution in [2.45, 2.75) is 23.8 Å². The second-order valence-corrected chi connectivity index (χ2v) is 7.03. The van der Waals surface area contributed by atoms with Crippen molar-refractivity contribution >= 4 is 16.7 Å². The Labute approximate surface area is 133 Å². The van der Waals surface area contributed by atoms with Gasteiger partial charge in [-0.2, -0.15) is 0 Å². The first-order valence-corrected chi connectivity index (χ1v) is 8.92. The van der Waals surface area contributed by atoms with Crippen molar-refractivity contribution in [2.24, 2.45) is 0 Å². The normalized spacial score (nSPS) is 17.8. The third-order valence-corrected chi connectivity index (χ3v) is 5.26. The Bertz CT molecular complexity index is 724. The van der Waals surface area contributed by atoms with E-state index in [4.69, 9.17) is 0 Å². The van der Waals surface area contributed by atoms with Crippen molar-refractivity contribution in [3.63, 3.8) is 0 Å². The van der Waals surface area contributed by atoms with Gasteiger partial charge in [-0.15, -0.1) is 0 Å². The summed E-state index contributed by atoms with van der Waals surface area (Å²) in [5, 5.41) is 0. The summed E-state index contributed by atoms with van der Waals surface area (Å²) in [5.74, 6) is 0.00939. The summed E-state index contributed by atoms with van der Waals surface area (Å²) in [6.45, 7) is 0. The van der Waals surface area contributed by atoms with Gasteiger partial charge < -0.3 is 4.90 Å². The lowest BCUT2D eigenvalue weighted by Crippen LogP contribution is -2.30. The predicted molar refractivity (Wildman–Crippen MR) is 88.4 cm³/mol. The molecule has 1 aliphatic carbocycles. The van der Waals surface area contributed by atoms with Crippen LogP contribution in [0.25, 0.3) is 0 Å². The summed E-state index contributed by atoms with van der Waals surface area (Å²) in [7, 11) is 0.844. The Balaban J connectivity index is 1.82. The van der Waals surface area contributed by atoms with Crippen LogP contribution in [0.15, 0.2) is 53.4 Å². The molecule has 0 aromatic heterocycles. The minimum atomic E-state index is -1.02. The van der Waals surface area contributed by atoms with E-state index < -0.39 is 10.8 Å². The van der Waals surface area contributed by atoms with Crippen LogP contribution in [-0.2, 0) is 17.2 Å². The fourth-order valence-electron chi connectivity index (χ4n) is 3.07. The van der Waals surface area contributed by atoms with E-state index in [-0.39, 0.29) is 11.9 Å². The summed E-state index contributed by atoms with van der Waals surface area (Å²) in [5.41, 5.74) is 3.23. The fourth-order valence-corrected chi connectivity index (χ4v) is 3.59. The van der Waals surface area contributed by atoms with E-state index in [1.54, 1.807) is 30.5 Å². The molecule has 22 heavy (non-hydrogen) atoms. The second-order valence-electron chi connectivity index (χ2n) is 5.65. The molecule has 0 heterocycles. The van der Waals surface area contributed by atoms with Crippen LogP contribution in [0.3, 0.4) is 0 Å². The van der Waals surface area contributed by atoms with Crippen molar-refractivity contribution in [1.29, 1.82) is 0 Å². The molecule has 2 unspecified atom stereocenters. The lowest BCUT2D eigenvalue weighted by Gasteiger charge is -2.25. The summed E-state index contributed by atoms with van der Waals surface area (Å²) in [6, 6.07) is 15.5. The highest BCUT2D eigenvalue weighted by Crippen LogP contribution is 2.35. The van der Waals surface area contributed by atoms with Gasteiger partial charge in [-0.25, -0.2) is 0 Å². The average Bonchev–Trinajstić information content (AvgIpc) is 2.97. The molecule has 1 amide bonds. The van der Waals surface area contributed by atoms with Crippen LogP contribution in [0.1, 0.15) is 33.9 Å². The lowest BCUT2D eigenvalue weighted by atomic mass is 10.1. The van der Waals surface area contributed by atoms with Crippen LogP contribution in [0.2, 0.25) is 0 Å². The van der Waals surface area contributed by atoms with Gasteiger partial charge in [-0.3, -0.25) is 9.00 Å². The van der Waals surface area contributed by atoms with E-state index >= 15 is 0 Å². The van der Waals surface area contributed by atoms with Gasteiger partial charge in [0.15, 0.2) is 0 Å². The standard InChI is InChI=1S/C18H19NO2S/c1-19(17-12-9-13-5-3-4-6-16(13)17)18(20)14-7-10-15(11-8-14)22(2)21/h3-8,10-11,17H,9,12H2,1-2H3. The smallest absolute Gasteiger partial charge is 0.254 e. The molecule has 4 heteroatoms. The summed E-state index contributed by atoms with van der Waals surface area (Å²) in [4.78, 5) is 15.2. The molecule has 3 rings (SSSR count).